The molecule has 0 radical (unpaired) electrons. The first-order chi connectivity index (χ1) is 6.85. The Morgan fingerprint density at radius 3 is 2.53 bits per heavy atom. The minimum atomic E-state index is -0.668. The van der Waals surface area contributed by atoms with Crippen molar-refractivity contribution in [1.29, 1.82) is 0 Å². The molecule has 1 saturated heterocycles. The average Bonchev–Trinajstić information content (AvgIpc) is 2.39. The third-order valence-corrected chi connectivity index (χ3v) is 3.30. The predicted molar refractivity (Wildman–Crippen MR) is 58.4 cm³/mol. The molecule has 1 rings (SSSR count). The van der Waals surface area contributed by atoms with Gasteiger partial charge in [-0.3, -0.25) is 4.79 Å². The van der Waals surface area contributed by atoms with E-state index in [0.717, 1.165) is 12.8 Å². The molecule has 0 aromatic heterocycles. The minimum Gasteiger partial charge on any atom is -0.456 e. The molecular weight excluding hydrogens is 192 g/mol. The lowest BCUT2D eigenvalue weighted by Crippen LogP contribution is -2.36. The molecule has 15 heavy (non-hydrogen) atoms. The van der Waals surface area contributed by atoms with Crippen molar-refractivity contribution in [1.82, 2.24) is 0 Å². The van der Waals surface area contributed by atoms with Crippen LogP contribution in [0.15, 0.2) is 0 Å². The second kappa shape index (κ2) is 4.52. The lowest BCUT2D eigenvalue weighted by atomic mass is 9.88. The summed E-state index contributed by atoms with van der Waals surface area (Å²) in [4.78, 5) is 11.6. The first kappa shape index (κ1) is 12.5. The minimum absolute atomic E-state index is 0.0213. The highest BCUT2D eigenvalue weighted by atomic mass is 16.6. The summed E-state index contributed by atoms with van der Waals surface area (Å²) in [6.45, 7) is 7.78. The van der Waals surface area contributed by atoms with Crippen LogP contribution in [-0.2, 0) is 9.53 Å². The van der Waals surface area contributed by atoms with Gasteiger partial charge in [-0.05, 0) is 26.2 Å². The van der Waals surface area contributed by atoms with E-state index >= 15 is 0 Å². The van der Waals surface area contributed by atoms with E-state index in [2.05, 4.69) is 13.8 Å². The van der Waals surface area contributed by atoms with Crippen molar-refractivity contribution in [3.8, 4) is 0 Å². The molecule has 0 bridgehead atoms. The lowest BCUT2D eigenvalue weighted by molar-refractivity contribution is -0.156. The van der Waals surface area contributed by atoms with Crippen LogP contribution >= 0.6 is 0 Å². The average molecular weight is 214 g/mol. The molecule has 0 saturated carbocycles. The van der Waals surface area contributed by atoms with Crippen LogP contribution in [0.25, 0.3) is 0 Å². The first-order valence-corrected chi connectivity index (χ1v) is 5.76. The highest BCUT2D eigenvalue weighted by Crippen LogP contribution is 2.36. The second-order valence-corrected chi connectivity index (χ2v) is 5.28. The number of ether oxygens (including phenoxy) is 1. The third-order valence-electron chi connectivity index (χ3n) is 3.30. The van der Waals surface area contributed by atoms with E-state index in [4.69, 9.17) is 4.74 Å². The summed E-state index contributed by atoms with van der Waals surface area (Å²) < 4.78 is 5.27. The summed E-state index contributed by atoms with van der Waals surface area (Å²) >= 11 is 0. The van der Waals surface area contributed by atoms with Gasteiger partial charge in [0.25, 0.3) is 0 Å². The molecule has 0 spiro atoms. The lowest BCUT2D eigenvalue weighted by Gasteiger charge is -2.25. The molecule has 1 aliphatic heterocycles. The monoisotopic (exact) mass is 214 g/mol. The topological polar surface area (TPSA) is 46.5 Å². The van der Waals surface area contributed by atoms with E-state index in [1.54, 1.807) is 6.92 Å². The molecule has 0 aromatic rings. The molecular formula is C12H22O3. The van der Waals surface area contributed by atoms with E-state index < -0.39 is 11.7 Å². The third kappa shape index (κ3) is 2.94. The predicted octanol–water partition coefficient (Wildman–Crippen LogP) is 2.13. The maximum absolute atomic E-state index is 11.6. The molecule has 3 nitrogen and oxygen atoms in total. The number of carbonyl (C=O) groups is 1. The highest BCUT2D eigenvalue weighted by molar-refractivity contribution is 5.75. The van der Waals surface area contributed by atoms with Crippen molar-refractivity contribution in [2.45, 2.75) is 58.7 Å². The quantitative estimate of drug-likeness (QED) is 0.729. The fraction of sp³-hybridized carbons (Fsp3) is 0.917. The zero-order chi connectivity index (χ0) is 11.6. The Hall–Kier alpha value is -0.570. The van der Waals surface area contributed by atoms with Crippen molar-refractivity contribution >= 4 is 5.97 Å². The summed E-state index contributed by atoms with van der Waals surface area (Å²) in [6, 6.07) is 0. The summed E-state index contributed by atoms with van der Waals surface area (Å²) in [5.41, 5.74) is -0.668. The van der Waals surface area contributed by atoms with E-state index in [1.807, 2.05) is 6.92 Å². The molecule has 88 valence electrons. The summed E-state index contributed by atoms with van der Waals surface area (Å²) in [7, 11) is 0. The van der Waals surface area contributed by atoms with Gasteiger partial charge in [0.2, 0.25) is 0 Å². The molecule has 0 aromatic carbocycles. The fourth-order valence-electron chi connectivity index (χ4n) is 1.94. The Bertz CT molecular complexity index is 235. The van der Waals surface area contributed by atoms with E-state index in [1.165, 1.54) is 0 Å². The molecule has 3 atom stereocenters. The summed E-state index contributed by atoms with van der Waals surface area (Å²) in [5, 5.41) is 9.55. The van der Waals surface area contributed by atoms with Crippen LogP contribution < -0.4 is 0 Å². The second-order valence-electron chi connectivity index (χ2n) is 5.28. The molecule has 3 heteroatoms. The van der Waals surface area contributed by atoms with Crippen molar-refractivity contribution in [3.63, 3.8) is 0 Å². The van der Waals surface area contributed by atoms with Crippen molar-refractivity contribution in [3.05, 3.63) is 0 Å². The van der Waals surface area contributed by atoms with E-state index in [-0.39, 0.29) is 11.9 Å². The number of hydrogen-bond donors (Lipinski definition) is 1. The fourth-order valence-corrected chi connectivity index (χ4v) is 1.94. The highest BCUT2D eigenvalue weighted by Gasteiger charge is 2.46. The van der Waals surface area contributed by atoms with Gasteiger partial charge < -0.3 is 9.84 Å². The number of carbonyl (C=O) groups excluding carboxylic acids is 1. The Morgan fingerprint density at radius 1 is 1.53 bits per heavy atom. The number of hydrogen-bond acceptors (Lipinski definition) is 3. The zero-order valence-corrected chi connectivity index (χ0v) is 10.1. The first-order valence-electron chi connectivity index (χ1n) is 5.76. The van der Waals surface area contributed by atoms with Crippen LogP contribution in [0.1, 0.15) is 47.0 Å². The van der Waals surface area contributed by atoms with E-state index in [0.29, 0.717) is 12.3 Å². The Morgan fingerprint density at radius 2 is 2.13 bits per heavy atom. The van der Waals surface area contributed by atoms with Crippen LogP contribution in [0.2, 0.25) is 0 Å². The van der Waals surface area contributed by atoms with Crippen LogP contribution in [0.4, 0.5) is 0 Å². The maximum Gasteiger partial charge on any atom is 0.309 e. The van der Waals surface area contributed by atoms with Gasteiger partial charge in [-0.15, -0.1) is 0 Å². The van der Waals surface area contributed by atoms with Gasteiger partial charge in [-0.2, -0.15) is 0 Å². The van der Waals surface area contributed by atoms with Crippen molar-refractivity contribution in [2.24, 2.45) is 11.8 Å². The number of cyclic esters (lactones) is 1. The SMILES string of the molecule is CC(C)CC[C@H]1C[C@@](C)([C@@H](C)O)OC1=O. The number of aliphatic hydroxyl groups excluding tert-OH is 1. The summed E-state index contributed by atoms with van der Waals surface area (Å²) in [5.74, 6) is 0.447. The van der Waals surface area contributed by atoms with Gasteiger partial charge in [0, 0.05) is 6.42 Å². The maximum atomic E-state index is 11.6. The Labute approximate surface area is 91.8 Å². The van der Waals surface area contributed by atoms with Gasteiger partial charge in [0.1, 0.15) is 5.60 Å². The molecule has 1 aliphatic rings. The Kier molecular flexibility index (Phi) is 3.77. The Balaban J connectivity index is 2.53. The molecule has 0 amide bonds. The van der Waals surface area contributed by atoms with Crippen LogP contribution in [-0.4, -0.2) is 22.8 Å². The van der Waals surface area contributed by atoms with Gasteiger partial charge >= 0.3 is 5.97 Å². The zero-order valence-electron chi connectivity index (χ0n) is 10.1. The number of esters is 1. The van der Waals surface area contributed by atoms with E-state index in [9.17, 15) is 9.90 Å². The summed E-state index contributed by atoms with van der Waals surface area (Å²) in [6.07, 6.45) is 1.97. The molecule has 1 N–H and O–H groups in total. The number of aliphatic hydroxyl groups is 1. The van der Waals surface area contributed by atoms with Gasteiger partial charge in [0.15, 0.2) is 0 Å². The smallest absolute Gasteiger partial charge is 0.309 e. The van der Waals surface area contributed by atoms with Crippen molar-refractivity contribution in [2.75, 3.05) is 0 Å². The number of rotatable bonds is 4. The standard InChI is InChI=1S/C12H22O3/c1-8(2)5-6-10-7-12(4,9(3)13)15-11(10)14/h8-10,13H,5-7H2,1-4H3/t9-,10+,12+/m1/s1. The van der Waals surface area contributed by atoms with Crippen LogP contribution in [0, 0.1) is 11.8 Å². The molecule has 1 heterocycles. The molecule has 0 aliphatic carbocycles. The largest absolute Gasteiger partial charge is 0.456 e. The van der Waals surface area contributed by atoms with Gasteiger partial charge in [0.05, 0.1) is 12.0 Å². The van der Waals surface area contributed by atoms with Crippen LogP contribution in [0.5, 0.6) is 0 Å². The molecule has 0 unspecified atom stereocenters. The van der Waals surface area contributed by atoms with Crippen molar-refractivity contribution < 1.29 is 14.6 Å². The normalized spacial score (nSPS) is 33.2. The molecule has 1 fully saturated rings. The van der Waals surface area contributed by atoms with Gasteiger partial charge in [-0.1, -0.05) is 20.3 Å². The van der Waals surface area contributed by atoms with Crippen LogP contribution in [0.3, 0.4) is 0 Å². The van der Waals surface area contributed by atoms with Gasteiger partial charge in [-0.25, -0.2) is 0 Å².